The fraction of sp³-hybridized carbons (Fsp3) is 0.533. The van der Waals surface area contributed by atoms with Gasteiger partial charge in [0.1, 0.15) is 17.2 Å². The number of rotatable bonds is 3. The third-order valence-corrected chi connectivity index (χ3v) is 2.99. The molecule has 0 aliphatic carbocycles. The molecule has 6 heteroatoms. The molecule has 0 radical (unpaired) electrons. The third kappa shape index (κ3) is 3.93. The number of H-pyrrole nitrogens is 1. The highest BCUT2D eigenvalue weighted by Gasteiger charge is 2.21. The largest absolute Gasteiger partial charge is 0.443 e. The van der Waals surface area contributed by atoms with Gasteiger partial charge in [-0.1, -0.05) is 0 Å². The van der Waals surface area contributed by atoms with E-state index in [1.165, 1.54) is 4.57 Å². The zero-order valence-electron chi connectivity index (χ0n) is 13.2. The number of hydrogen-bond acceptors (Lipinski definition) is 4. The number of nitrogens with zero attached hydrogens (tertiary/aromatic N) is 3. The van der Waals surface area contributed by atoms with Crippen LogP contribution >= 0.6 is 0 Å². The monoisotopic (exact) mass is 290 g/mol. The number of aromatic nitrogens is 4. The molecule has 0 aromatic carbocycles. The number of carbonyl (C=O) groups is 1. The van der Waals surface area contributed by atoms with Crippen molar-refractivity contribution in [2.75, 3.05) is 0 Å². The Morgan fingerprint density at radius 1 is 1.24 bits per heavy atom. The van der Waals surface area contributed by atoms with E-state index < -0.39 is 5.60 Å². The van der Waals surface area contributed by atoms with Crippen molar-refractivity contribution >= 4 is 6.09 Å². The van der Waals surface area contributed by atoms with Crippen molar-refractivity contribution in [1.29, 1.82) is 0 Å². The summed E-state index contributed by atoms with van der Waals surface area (Å²) in [6, 6.07) is 0. The molecule has 2 rings (SSSR count). The van der Waals surface area contributed by atoms with E-state index in [1.807, 2.05) is 33.9 Å². The summed E-state index contributed by atoms with van der Waals surface area (Å²) in [5.41, 5.74) is 1.36. The Morgan fingerprint density at radius 2 is 1.95 bits per heavy atom. The molecule has 0 aliphatic rings. The summed E-state index contributed by atoms with van der Waals surface area (Å²) in [4.78, 5) is 23.8. The Kier molecular flexibility index (Phi) is 4.16. The summed E-state index contributed by atoms with van der Waals surface area (Å²) in [5.74, 6) is 1.53. The van der Waals surface area contributed by atoms with Gasteiger partial charge in [0.15, 0.2) is 0 Å². The van der Waals surface area contributed by atoms with Gasteiger partial charge in [0.25, 0.3) is 0 Å². The van der Waals surface area contributed by atoms with Gasteiger partial charge >= 0.3 is 6.09 Å². The lowest BCUT2D eigenvalue weighted by Gasteiger charge is -2.20. The standard InChI is InChI=1S/C15H22N4O2/c1-10-16-8-12(18-10)6-7-13-9-17-11(2)19(13)14(20)21-15(3,4)5/h8-9H,6-7H2,1-5H3,(H,16,18). The lowest BCUT2D eigenvalue weighted by atomic mass is 10.2. The molecule has 2 aromatic rings. The van der Waals surface area contributed by atoms with Crippen LogP contribution in [-0.4, -0.2) is 31.2 Å². The summed E-state index contributed by atoms with van der Waals surface area (Å²) in [6.07, 6.45) is 4.63. The first-order valence-electron chi connectivity index (χ1n) is 7.03. The molecular formula is C15H22N4O2. The van der Waals surface area contributed by atoms with E-state index in [-0.39, 0.29) is 6.09 Å². The van der Waals surface area contributed by atoms with Gasteiger partial charge in [-0.2, -0.15) is 0 Å². The van der Waals surface area contributed by atoms with Crippen LogP contribution in [0.15, 0.2) is 12.4 Å². The molecule has 0 aliphatic heterocycles. The predicted octanol–water partition coefficient (Wildman–Crippen LogP) is 2.79. The van der Waals surface area contributed by atoms with Gasteiger partial charge in [-0.25, -0.2) is 19.3 Å². The van der Waals surface area contributed by atoms with E-state index in [0.717, 1.165) is 23.6 Å². The van der Waals surface area contributed by atoms with Crippen LogP contribution in [0.5, 0.6) is 0 Å². The molecule has 0 unspecified atom stereocenters. The Morgan fingerprint density at radius 3 is 2.52 bits per heavy atom. The van der Waals surface area contributed by atoms with Gasteiger partial charge in [0.2, 0.25) is 0 Å². The minimum atomic E-state index is -0.522. The smallest absolute Gasteiger partial charge is 0.420 e. The highest BCUT2D eigenvalue weighted by Crippen LogP contribution is 2.14. The van der Waals surface area contributed by atoms with Crippen molar-refractivity contribution in [3.8, 4) is 0 Å². The minimum absolute atomic E-state index is 0.381. The van der Waals surface area contributed by atoms with Crippen molar-refractivity contribution in [2.24, 2.45) is 0 Å². The van der Waals surface area contributed by atoms with E-state index in [4.69, 9.17) is 4.74 Å². The van der Waals surface area contributed by atoms with E-state index in [0.29, 0.717) is 12.2 Å². The maximum atomic E-state index is 12.3. The third-order valence-electron chi connectivity index (χ3n) is 2.99. The molecule has 114 valence electrons. The Bertz CT molecular complexity index is 634. The highest BCUT2D eigenvalue weighted by atomic mass is 16.6. The molecule has 0 atom stereocenters. The topological polar surface area (TPSA) is 72.8 Å². The van der Waals surface area contributed by atoms with Crippen LogP contribution in [0.1, 0.15) is 43.8 Å². The van der Waals surface area contributed by atoms with Crippen LogP contribution in [-0.2, 0) is 17.6 Å². The van der Waals surface area contributed by atoms with Crippen LogP contribution in [0, 0.1) is 13.8 Å². The molecule has 1 N–H and O–H groups in total. The van der Waals surface area contributed by atoms with Gasteiger partial charge in [-0.15, -0.1) is 0 Å². The normalized spacial score (nSPS) is 11.7. The molecule has 0 bridgehead atoms. The second kappa shape index (κ2) is 5.71. The van der Waals surface area contributed by atoms with Crippen molar-refractivity contribution in [3.05, 3.63) is 35.4 Å². The van der Waals surface area contributed by atoms with Crippen LogP contribution < -0.4 is 0 Å². The van der Waals surface area contributed by atoms with Gasteiger partial charge in [-0.3, -0.25) is 0 Å². The number of imidazole rings is 2. The van der Waals surface area contributed by atoms with Crippen molar-refractivity contribution < 1.29 is 9.53 Å². The fourth-order valence-corrected chi connectivity index (χ4v) is 2.09. The second-order valence-electron chi connectivity index (χ2n) is 6.11. The average Bonchev–Trinajstić information content (AvgIpc) is 2.90. The van der Waals surface area contributed by atoms with E-state index in [2.05, 4.69) is 15.0 Å². The highest BCUT2D eigenvalue weighted by molar-refractivity contribution is 5.72. The predicted molar refractivity (Wildman–Crippen MR) is 79.3 cm³/mol. The Labute approximate surface area is 124 Å². The van der Waals surface area contributed by atoms with Crippen molar-refractivity contribution in [3.63, 3.8) is 0 Å². The molecule has 0 saturated carbocycles. The minimum Gasteiger partial charge on any atom is -0.443 e. The SMILES string of the molecule is Cc1ncc(CCc2cnc(C)n2C(=O)OC(C)(C)C)[nH]1. The first-order valence-corrected chi connectivity index (χ1v) is 7.03. The number of aryl methyl sites for hydroxylation is 4. The number of nitrogens with one attached hydrogen (secondary N) is 1. The average molecular weight is 290 g/mol. The second-order valence-corrected chi connectivity index (χ2v) is 6.11. The zero-order valence-corrected chi connectivity index (χ0v) is 13.2. The number of aromatic amines is 1. The molecule has 2 heterocycles. The molecule has 0 spiro atoms. The Hall–Kier alpha value is -2.11. The lowest BCUT2D eigenvalue weighted by molar-refractivity contribution is 0.0529. The van der Waals surface area contributed by atoms with Crippen molar-refractivity contribution in [1.82, 2.24) is 19.5 Å². The van der Waals surface area contributed by atoms with Crippen LogP contribution in [0.4, 0.5) is 4.79 Å². The number of ether oxygens (including phenoxy) is 1. The van der Waals surface area contributed by atoms with E-state index in [9.17, 15) is 4.79 Å². The van der Waals surface area contributed by atoms with Gasteiger partial charge in [0.05, 0.1) is 0 Å². The van der Waals surface area contributed by atoms with Gasteiger partial charge < -0.3 is 9.72 Å². The molecule has 6 nitrogen and oxygen atoms in total. The number of carbonyl (C=O) groups excluding carboxylic acids is 1. The molecule has 2 aromatic heterocycles. The summed E-state index contributed by atoms with van der Waals surface area (Å²) >= 11 is 0. The fourth-order valence-electron chi connectivity index (χ4n) is 2.09. The number of hydrogen-bond donors (Lipinski definition) is 1. The zero-order chi connectivity index (χ0) is 15.6. The van der Waals surface area contributed by atoms with E-state index >= 15 is 0 Å². The summed E-state index contributed by atoms with van der Waals surface area (Å²) in [6.45, 7) is 9.27. The molecule has 21 heavy (non-hydrogen) atoms. The first kappa shape index (κ1) is 15.3. The van der Waals surface area contributed by atoms with Gasteiger partial charge in [0, 0.05) is 23.8 Å². The summed E-state index contributed by atoms with van der Waals surface area (Å²) < 4.78 is 6.96. The molecular weight excluding hydrogens is 268 g/mol. The molecule has 0 fully saturated rings. The molecule has 0 amide bonds. The Balaban J connectivity index is 2.12. The van der Waals surface area contributed by atoms with Crippen molar-refractivity contribution in [2.45, 2.75) is 53.1 Å². The van der Waals surface area contributed by atoms with Crippen LogP contribution in [0.25, 0.3) is 0 Å². The summed E-state index contributed by atoms with van der Waals surface area (Å²) in [7, 11) is 0. The maximum Gasteiger partial charge on any atom is 0.420 e. The van der Waals surface area contributed by atoms with Crippen LogP contribution in [0.2, 0.25) is 0 Å². The lowest BCUT2D eigenvalue weighted by Crippen LogP contribution is -2.28. The maximum absolute atomic E-state index is 12.3. The summed E-state index contributed by atoms with van der Waals surface area (Å²) in [5, 5.41) is 0. The van der Waals surface area contributed by atoms with E-state index in [1.54, 1.807) is 13.1 Å². The molecule has 0 saturated heterocycles. The first-order chi connectivity index (χ1) is 9.76. The quantitative estimate of drug-likeness (QED) is 0.943. The van der Waals surface area contributed by atoms with Crippen LogP contribution in [0.3, 0.4) is 0 Å². The van der Waals surface area contributed by atoms with Gasteiger partial charge in [-0.05, 0) is 47.5 Å².